The molecule has 0 aliphatic carbocycles. The van der Waals surface area contributed by atoms with Crippen LogP contribution < -0.4 is 0 Å². The van der Waals surface area contributed by atoms with Gasteiger partial charge in [0.1, 0.15) is 11.6 Å². The first-order valence-electron chi connectivity index (χ1n) is 10.5. The number of aliphatic carboxylic acids is 1. The zero-order valence-electron chi connectivity index (χ0n) is 18.6. The number of carboxylic acids is 1. The highest BCUT2D eigenvalue weighted by Gasteiger charge is 2.45. The lowest BCUT2D eigenvalue weighted by atomic mass is 9.85. The molecule has 0 radical (unpaired) electrons. The molecule has 1 spiro atoms. The van der Waals surface area contributed by atoms with Gasteiger partial charge in [0, 0.05) is 25.2 Å². The second-order valence-corrected chi connectivity index (χ2v) is 10.5. The highest BCUT2D eigenvalue weighted by atomic mass is 32.2. The van der Waals surface area contributed by atoms with Crippen molar-refractivity contribution in [1.29, 1.82) is 0 Å². The van der Waals surface area contributed by atoms with Gasteiger partial charge in [0.25, 0.3) is 0 Å². The Kier molecular flexibility index (Phi) is 7.34. The van der Waals surface area contributed by atoms with Crippen molar-refractivity contribution in [1.82, 2.24) is 24.0 Å². The Morgan fingerprint density at radius 1 is 1.15 bits per heavy atom. The topological polar surface area (TPSA) is 109 Å². The first kappa shape index (κ1) is 26.0. The van der Waals surface area contributed by atoms with Crippen molar-refractivity contribution in [3.8, 4) is 11.4 Å². The predicted octanol–water partition coefficient (Wildman–Crippen LogP) is 2.30. The summed E-state index contributed by atoms with van der Waals surface area (Å²) in [4.78, 5) is 11.1. The van der Waals surface area contributed by atoms with Gasteiger partial charge in [-0.05, 0) is 51.1 Å². The molecule has 0 unspecified atom stereocenters. The number of carbonyl (C=O) groups is 1. The number of nitrogens with zero attached hydrogens (tertiary/aromatic N) is 5. The Hall–Kier alpha value is -2.58. The average Bonchev–Trinajstić information content (AvgIpc) is 3.19. The minimum atomic E-state index is -5.08. The smallest absolute Gasteiger partial charge is 0.475 e. The maximum absolute atomic E-state index is 13.3. The Morgan fingerprint density at radius 3 is 2.21 bits per heavy atom. The number of alkyl halides is 3. The van der Waals surface area contributed by atoms with Gasteiger partial charge >= 0.3 is 12.1 Å². The normalized spacial score (nSPS) is 18.8. The van der Waals surface area contributed by atoms with Crippen LogP contribution in [0.1, 0.15) is 25.6 Å². The maximum Gasteiger partial charge on any atom is 0.490 e. The van der Waals surface area contributed by atoms with Crippen LogP contribution in [0.3, 0.4) is 0 Å². The summed E-state index contributed by atoms with van der Waals surface area (Å²) in [6.07, 6.45) is -3.67. The van der Waals surface area contributed by atoms with Gasteiger partial charge in [-0.25, -0.2) is 21.9 Å². The SMILES string of the molecule is CCS(=O)(=O)N1CCC2(CC1)CN(C)Cc1nnc(-c3ccc(F)cc3)n12.O=C(O)C(F)(F)F. The summed E-state index contributed by atoms with van der Waals surface area (Å²) in [5.41, 5.74) is 0.567. The number of fused-ring (bicyclic) bond motifs is 2. The number of likely N-dealkylation sites (N-methyl/N-ethyl adjacent to an activating group) is 1. The zero-order chi connectivity index (χ0) is 25.3. The van der Waals surface area contributed by atoms with Crippen LogP contribution in [0.4, 0.5) is 17.6 Å². The first-order valence-corrected chi connectivity index (χ1v) is 12.1. The molecule has 4 rings (SSSR count). The van der Waals surface area contributed by atoms with Crippen LogP contribution in [0.5, 0.6) is 0 Å². The van der Waals surface area contributed by atoms with Crippen LogP contribution in [0, 0.1) is 5.82 Å². The summed E-state index contributed by atoms with van der Waals surface area (Å²) in [5, 5.41) is 15.9. The van der Waals surface area contributed by atoms with E-state index >= 15 is 0 Å². The van der Waals surface area contributed by atoms with Crippen LogP contribution in [0.2, 0.25) is 0 Å². The molecular formula is C20H25F4N5O4S. The number of aromatic nitrogens is 3. The van der Waals surface area contributed by atoms with Crippen molar-refractivity contribution >= 4 is 16.0 Å². The monoisotopic (exact) mass is 507 g/mol. The first-order chi connectivity index (χ1) is 15.8. The summed E-state index contributed by atoms with van der Waals surface area (Å²) < 4.78 is 73.4. The Balaban J connectivity index is 0.000000406. The van der Waals surface area contributed by atoms with Crippen LogP contribution >= 0.6 is 0 Å². The molecule has 0 atom stereocenters. The fraction of sp³-hybridized carbons (Fsp3) is 0.550. The number of rotatable bonds is 3. The number of piperidine rings is 1. The van der Waals surface area contributed by atoms with Crippen molar-refractivity contribution in [2.45, 2.75) is 38.0 Å². The van der Waals surface area contributed by atoms with Crippen LogP contribution in [0.15, 0.2) is 24.3 Å². The number of benzene rings is 1. The van der Waals surface area contributed by atoms with E-state index in [0.29, 0.717) is 32.5 Å². The molecule has 0 bridgehead atoms. The van der Waals surface area contributed by atoms with Crippen molar-refractivity contribution in [3.05, 3.63) is 35.9 Å². The number of hydrogen-bond donors (Lipinski definition) is 1. The van der Waals surface area contributed by atoms with E-state index < -0.39 is 22.2 Å². The van der Waals surface area contributed by atoms with Gasteiger partial charge in [-0.2, -0.15) is 13.2 Å². The fourth-order valence-electron chi connectivity index (χ4n) is 4.32. The molecule has 0 amide bonds. The third-order valence-corrected chi connectivity index (χ3v) is 7.82. The molecular weight excluding hydrogens is 482 g/mol. The standard InChI is InChI=1S/C18H24FN5O2S.C2HF3O2/c1-3-27(25,26)23-10-8-18(9-11-23)13-22(2)12-16-20-21-17(24(16)18)14-4-6-15(19)7-5-14;3-2(4,5)1(6)7/h4-7H,3,8-13H2,1-2H3;(H,6,7). The van der Waals surface area contributed by atoms with Crippen molar-refractivity contribution in [2.75, 3.05) is 32.4 Å². The second-order valence-electron chi connectivity index (χ2n) is 8.28. The molecule has 1 saturated heterocycles. The molecule has 188 valence electrons. The van der Waals surface area contributed by atoms with E-state index in [1.54, 1.807) is 23.4 Å². The molecule has 3 heterocycles. The lowest BCUT2D eigenvalue weighted by Crippen LogP contribution is -2.56. The van der Waals surface area contributed by atoms with Crippen molar-refractivity contribution < 1.29 is 35.9 Å². The van der Waals surface area contributed by atoms with E-state index in [0.717, 1.165) is 23.8 Å². The van der Waals surface area contributed by atoms with E-state index in [1.165, 1.54) is 12.1 Å². The Morgan fingerprint density at radius 2 is 1.71 bits per heavy atom. The van der Waals surface area contributed by atoms with Gasteiger partial charge in [-0.15, -0.1) is 10.2 Å². The average molecular weight is 508 g/mol. The van der Waals surface area contributed by atoms with Crippen molar-refractivity contribution in [2.24, 2.45) is 0 Å². The van der Waals surface area contributed by atoms with Crippen LogP contribution in [-0.4, -0.2) is 82.1 Å². The Bertz CT molecular complexity index is 1130. The third-order valence-electron chi connectivity index (χ3n) is 5.94. The minimum absolute atomic E-state index is 0.124. The van der Waals surface area contributed by atoms with Gasteiger partial charge in [0.15, 0.2) is 5.82 Å². The lowest BCUT2D eigenvalue weighted by molar-refractivity contribution is -0.192. The van der Waals surface area contributed by atoms with Gasteiger partial charge in [0.05, 0.1) is 17.8 Å². The summed E-state index contributed by atoms with van der Waals surface area (Å²) in [6.45, 7) is 4.16. The predicted molar refractivity (Wildman–Crippen MR) is 114 cm³/mol. The molecule has 1 aromatic carbocycles. The van der Waals surface area contributed by atoms with Crippen LogP contribution in [0.25, 0.3) is 11.4 Å². The minimum Gasteiger partial charge on any atom is -0.475 e. The van der Waals surface area contributed by atoms with E-state index in [1.807, 2.05) is 7.05 Å². The summed E-state index contributed by atoms with van der Waals surface area (Å²) in [5.74, 6) is -1.32. The van der Waals surface area contributed by atoms with E-state index in [-0.39, 0.29) is 17.1 Å². The molecule has 2 aliphatic heterocycles. The Labute approximate surface area is 194 Å². The van der Waals surface area contributed by atoms with Gasteiger partial charge < -0.3 is 9.67 Å². The highest BCUT2D eigenvalue weighted by Crippen LogP contribution is 2.39. The second kappa shape index (κ2) is 9.58. The molecule has 0 saturated carbocycles. The number of hydrogen-bond acceptors (Lipinski definition) is 6. The molecule has 34 heavy (non-hydrogen) atoms. The van der Waals surface area contributed by atoms with Crippen molar-refractivity contribution in [3.63, 3.8) is 0 Å². The summed E-state index contributed by atoms with van der Waals surface area (Å²) in [7, 11) is -1.14. The van der Waals surface area contributed by atoms with Gasteiger partial charge in [-0.3, -0.25) is 4.90 Å². The number of halogens is 4. The third kappa shape index (κ3) is 5.39. The molecule has 14 heteroatoms. The summed E-state index contributed by atoms with van der Waals surface area (Å²) in [6, 6.07) is 6.29. The number of carboxylic acid groups (broad SMARTS) is 1. The number of sulfonamides is 1. The molecule has 9 nitrogen and oxygen atoms in total. The van der Waals surface area contributed by atoms with Gasteiger partial charge in [0.2, 0.25) is 10.0 Å². The fourth-order valence-corrected chi connectivity index (χ4v) is 5.42. The van der Waals surface area contributed by atoms with Crippen LogP contribution in [-0.2, 0) is 26.9 Å². The lowest BCUT2D eigenvalue weighted by Gasteiger charge is -2.47. The van der Waals surface area contributed by atoms with E-state index in [2.05, 4.69) is 19.7 Å². The van der Waals surface area contributed by atoms with E-state index in [9.17, 15) is 26.0 Å². The molecule has 2 aliphatic rings. The van der Waals surface area contributed by atoms with E-state index in [4.69, 9.17) is 9.90 Å². The zero-order valence-corrected chi connectivity index (χ0v) is 19.4. The summed E-state index contributed by atoms with van der Waals surface area (Å²) >= 11 is 0. The quantitative estimate of drug-likeness (QED) is 0.635. The van der Waals surface area contributed by atoms with Gasteiger partial charge in [-0.1, -0.05) is 0 Å². The molecule has 2 aromatic rings. The molecule has 1 aromatic heterocycles. The molecule has 1 fully saturated rings. The largest absolute Gasteiger partial charge is 0.490 e. The maximum atomic E-state index is 13.3. The highest BCUT2D eigenvalue weighted by molar-refractivity contribution is 7.89. The molecule has 1 N–H and O–H groups in total.